The lowest BCUT2D eigenvalue weighted by molar-refractivity contribution is 0.0451. The van der Waals surface area contributed by atoms with Crippen molar-refractivity contribution in [3.05, 3.63) is 0 Å². The van der Waals surface area contributed by atoms with Gasteiger partial charge in [-0.2, -0.15) is 0 Å². The number of hydrogen-bond acceptors (Lipinski definition) is 3. The summed E-state index contributed by atoms with van der Waals surface area (Å²) < 4.78 is 5.14. The van der Waals surface area contributed by atoms with Gasteiger partial charge in [0.15, 0.2) is 0 Å². The van der Waals surface area contributed by atoms with Gasteiger partial charge in [0.05, 0.1) is 6.10 Å². The van der Waals surface area contributed by atoms with Gasteiger partial charge >= 0.3 is 6.09 Å². The van der Waals surface area contributed by atoms with E-state index in [0.717, 1.165) is 19.3 Å². The third kappa shape index (κ3) is 5.02. The highest BCUT2D eigenvalue weighted by atomic mass is 16.6. The molecule has 2 atom stereocenters. The van der Waals surface area contributed by atoms with Gasteiger partial charge in [-0.3, -0.25) is 0 Å². The molecule has 4 nitrogen and oxygen atoms in total. The Hall–Kier alpha value is -0.770. The third-order valence-electron chi connectivity index (χ3n) is 2.37. The number of amides is 1. The first kappa shape index (κ1) is 12.3. The smallest absolute Gasteiger partial charge is 0.407 e. The number of nitrogens with one attached hydrogen (secondary N) is 1. The molecule has 1 aliphatic carbocycles. The van der Waals surface area contributed by atoms with Crippen molar-refractivity contribution in [2.24, 2.45) is 0 Å². The lowest BCUT2D eigenvalue weighted by Crippen LogP contribution is -2.42. The first-order valence-electron chi connectivity index (χ1n) is 5.54. The van der Waals surface area contributed by atoms with Gasteiger partial charge in [-0.25, -0.2) is 4.79 Å². The Morgan fingerprint density at radius 2 is 2.07 bits per heavy atom. The molecule has 4 heteroatoms. The Labute approximate surface area is 91.0 Å². The molecule has 1 amide bonds. The molecule has 0 aromatic heterocycles. The van der Waals surface area contributed by atoms with E-state index in [2.05, 4.69) is 5.32 Å². The van der Waals surface area contributed by atoms with Crippen LogP contribution in [0.25, 0.3) is 0 Å². The minimum atomic E-state index is -0.461. The van der Waals surface area contributed by atoms with Crippen LogP contribution in [0.3, 0.4) is 0 Å². The summed E-state index contributed by atoms with van der Waals surface area (Å²) >= 11 is 0. The largest absolute Gasteiger partial charge is 0.444 e. The molecule has 1 rings (SSSR count). The van der Waals surface area contributed by atoms with Crippen molar-refractivity contribution in [2.45, 2.75) is 64.2 Å². The number of rotatable bonds is 1. The monoisotopic (exact) mass is 215 g/mol. The van der Waals surface area contributed by atoms with Gasteiger partial charge in [-0.15, -0.1) is 0 Å². The fraction of sp³-hybridized carbons (Fsp3) is 0.909. The second-order valence-corrected chi connectivity index (χ2v) is 5.16. The normalized spacial score (nSPS) is 27.2. The summed E-state index contributed by atoms with van der Waals surface area (Å²) in [5, 5.41) is 12.2. The molecule has 0 bridgehead atoms. The van der Waals surface area contributed by atoms with E-state index in [1.165, 1.54) is 0 Å². The Morgan fingerprint density at radius 3 is 2.60 bits per heavy atom. The van der Waals surface area contributed by atoms with Gasteiger partial charge in [-0.05, 0) is 46.5 Å². The van der Waals surface area contributed by atoms with Crippen molar-refractivity contribution in [2.75, 3.05) is 0 Å². The van der Waals surface area contributed by atoms with Crippen molar-refractivity contribution in [1.29, 1.82) is 0 Å². The molecule has 1 unspecified atom stereocenters. The lowest BCUT2D eigenvalue weighted by atomic mass is 9.93. The molecule has 0 spiro atoms. The third-order valence-corrected chi connectivity index (χ3v) is 2.37. The van der Waals surface area contributed by atoms with E-state index in [0.29, 0.717) is 6.42 Å². The molecule has 0 radical (unpaired) electrons. The standard InChI is InChI=1S/C11H21NO3/c1-11(2,3)15-10(14)12-8-5-4-6-9(13)7-8/h8-9,13H,4-7H2,1-3H3,(H,12,14)/t8-,9?/m1/s1. The number of alkyl carbamates (subject to hydrolysis) is 1. The maximum atomic E-state index is 11.4. The van der Waals surface area contributed by atoms with Crippen molar-refractivity contribution in [1.82, 2.24) is 5.32 Å². The molecule has 0 heterocycles. The fourth-order valence-electron chi connectivity index (χ4n) is 1.77. The Kier molecular flexibility index (Phi) is 3.97. The number of carbonyl (C=O) groups is 1. The van der Waals surface area contributed by atoms with Crippen LogP contribution in [0, 0.1) is 0 Å². The van der Waals surface area contributed by atoms with E-state index in [1.54, 1.807) is 0 Å². The SMILES string of the molecule is CC(C)(C)OC(=O)N[C@@H]1CCCC(O)C1. The predicted molar refractivity (Wildman–Crippen MR) is 57.6 cm³/mol. The zero-order valence-electron chi connectivity index (χ0n) is 9.75. The average Bonchev–Trinajstić information content (AvgIpc) is 1.99. The van der Waals surface area contributed by atoms with E-state index in [-0.39, 0.29) is 18.2 Å². The molecule has 0 aromatic rings. The number of hydrogen-bond donors (Lipinski definition) is 2. The minimum absolute atomic E-state index is 0.0589. The molecule has 0 aliphatic heterocycles. The van der Waals surface area contributed by atoms with Crippen LogP contribution < -0.4 is 5.32 Å². The Bertz CT molecular complexity index is 222. The fourth-order valence-corrected chi connectivity index (χ4v) is 1.77. The molecule has 1 saturated carbocycles. The molecule has 1 fully saturated rings. The van der Waals surface area contributed by atoms with Gasteiger partial charge < -0.3 is 15.2 Å². The summed E-state index contributed by atoms with van der Waals surface area (Å²) in [6.07, 6.45) is 2.70. The van der Waals surface area contributed by atoms with E-state index < -0.39 is 5.60 Å². The summed E-state index contributed by atoms with van der Waals surface area (Å²) in [5.41, 5.74) is -0.461. The van der Waals surface area contributed by atoms with Gasteiger partial charge in [-0.1, -0.05) is 0 Å². The molecule has 1 aliphatic rings. The lowest BCUT2D eigenvalue weighted by Gasteiger charge is -2.28. The zero-order valence-corrected chi connectivity index (χ0v) is 9.75. The molecule has 15 heavy (non-hydrogen) atoms. The molecule has 0 aromatic carbocycles. The van der Waals surface area contributed by atoms with Crippen molar-refractivity contribution in [3.63, 3.8) is 0 Å². The second-order valence-electron chi connectivity index (χ2n) is 5.16. The summed E-state index contributed by atoms with van der Waals surface area (Å²) in [7, 11) is 0. The number of carbonyl (C=O) groups excluding carboxylic acids is 1. The molecule has 0 saturated heterocycles. The predicted octanol–water partition coefficient (Wildman–Crippen LogP) is 1.81. The number of aliphatic hydroxyl groups excluding tert-OH is 1. The Morgan fingerprint density at radius 1 is 1.40 bits per heavy atom. The topological polar surface area (TPSA) is 58.6 Å². The second kappa shape index (κ2) is 4.84. The Balaban J connectivity index is 2.31. The molecule has 88 valence electrons. The van der Waals surface area contributed by atoms with Crippen LogP contribution in [0.1, 0.15) is 46.5 Å². The van der Waals surface area contributed by atoms with E-state index in [9.17, 15) is 9.90 Å². The maximum absolute atomic E-state index is 11.4. The minimum Gasteiger partial charge on any atom is -0.444 e. The first-order chi connectivity index (χ1) is 6.87. The number of aliphatic hydroxyl groups is 1. The van der Waals surface area contributed by atoms with Crippen LogP contribution in [0.2, 0.25) is 0 Å². The van der Waals surface area contributed by atoms with Gasteiger partial charge in [0, 0.05) is 6.04 Å². The highest BCUT2D eigenvalue weighted by Crippen LogP contribution is 2.18. The van der Waals surface area contributed by atoms with E-state index in [1.807, 2.05) is 20.8 Å². The molecule has 2 N–H and O–H groups in total. The summed E-state index contributed by atoms with van der Waals surface area (Å²) in [5.74, 6) is 0. The van der Waals surface area contributed by atoms with Crippen molar-refractivity contribution in [3.8, 4) is 0 Å². The van der Waals surface area contributed by atoms with Crippen LogP contribution in [0.15, 0.2) is 0 Å². The van der Waals surface area contributed by atoms with Crippen LogP contribution in [0.4, 0.5) is 4.79 Å². The summed E-state index contributed by atoms with van der Waals surface area (Å²) in [6.45, 7) is 5.51. The van der Waals surface area contributed by atoms with Gasteiger partial charge in [0.25, 0.3) is 0 Å². The summed E-state index contributed by atoms with van der Waals surface area (Å²) in [4.78, 5) is 11.4. The maximum Gasteiger partial charge on any atom is 0.407 e. The number of ether oxygens (including phenoxy) is 1. The van der Waals surface area contributed by atoms with Crippen LogP contribution in [-0.2, 0) is 4.74 Å². The highest BCUT2D eigenvalue weighted by molar-refractivity contribution is 5.68. The first-order valence-corrected chi connectivity index (χ1v) is 5.54. The quantitative estimate of drug-likeness (QED) is 0.701. The average molecular weight is 215 g/mol. The van der Waals surface area contributed by atoms with Crippen LogP contribution in [0.5, 0.6) is 0 Å². The van der Waals surface area contributed by atoms with Gasteiger partial charge in [0.2, 0.25) is 0 Å². The molecular formula is C11H21NO3. The van der Waals surface area contributed by atoms with Gasteiger partial charge in [0.1, 0.15) is 5.60 Å². The van der Waals surface area contributed by atoms with E-state index in [4.69, 9.17) is 4.74 Å². The zero-order chi connectivity index (χ0) is 11.5. The van der Waals surface area contributed by atoms with Crippen LogP contribution >= 0.6 is 0 Å². The van der Waals surface area contributed by atoms with Crippen LogP contribution in [-0.4, -0.2) is 28.9 Å². The molecular weight excluding hydrogens is 194 g/mol. The van der Waals surface area contributed by atoms with Crippen molar-refractivity contribution < 1.29 is 14.6 Å². The van der Waals surface area contributed by atoms with E-state index >= 15 is 0 Å². The van der Waals surface area contributed by atoms with Crippen molar-refractivity contribution >= 4 is 6.09 Å². The highest BCUT2D eigenvalue weighted by Gasteiger charge is 2.24. The summed E-state index contributed by atoms with van der Waals surface area (Å²) in [6, 6.07) is 0.0589.